The molecule has 144 valence electrons. The largest absolute Gasteiger partial charge is 0.371 e. The number of hydrogen-bond donors (Lipinski definition) is 1. The van der Waals surface area contributed by atoms with Crippen LogP contribution in [0.15, 0.2) is 35.3 Å². The number of nitrogens with two attached hydrogens (primary N) is 1. The number of allylic oxidation sites excluding steroid dienone is 1. The van der Waals surface area contributed by atoms with E-state index in [1.807, 2.05) is 36.5 Å². The molecule has 2 N–H and O–H groups in total. The number of carbonyl (C=O) groups excluding carboxylic acids is 1. The van der Waals surface area contributed by atoms with Crippen molar-refractivity contribution in [1.82, 2.24) is 4.57 Å². The number of aromatic nitrogens is 1. The van der Waals surface area contributed by atoms with E-state index >= 15 is 0 Å². The maximum atomic E-state index is 12.5. The zero-order valence-electron chi connectivity index (χ0n) is 16.2. The van der Waals surface area contributed by atoms with Crippen LogP contribution in [0, 0.1) is 5.41 Å². The van der Waals surface area contributed by atoms with Gasteiger partial charge in [0.25, 0.3) is 5.56 Å². The molecule has 5 rings (SSSR count). The van der Waals surface area contributed by atoms with Crippen LogP contribution in [-0.4, -0.2) is 23.6 Å². The summed E-state index contributed by atoms with van der Waals surface area (Å²) in [5, 5.41) is 0. The van der Waals surface area contributed by atoms with Gasteiger partial charge in [-0.3, -0.25) is 9.59 Å². The molecule has 1 saturated heterocycles. The summed E-state index contributed by atoms with van der Waals surface area (Å²) >= 11 is 0. The lowest BCUT2D eigenvalue weighted by atomic mass is 9.91. The van der Waals surface area contributed by atoms with Crippen molar-refractivity contribution < 1.29 is 4.79 Å². The number of carbonyl (C=O) groups is 1. The summed E-state index contributed by atoms with van der Waals surface area (Å²) in [5.74, 6) is -0.430. The van der Waals surface area contributed by atoms with Crippen LogP contribution in [0.5, 0.6) is 0 Å². The number of piperidine rings is 1. The Morgan fingerprint density at radius 3 is 2.54 bits per heavy atom. The highest BCUT2D eigenvalue weighted by Gasteiger charge is 2.44. The van der Waals surface area contributed by atoms with E-state index in [-0.39, 0.29) is 5.56 Å². The number of rotatable bonds is 3. The average molecular weight is 375 g/mol. The smallest absolute Gasteiger partial charge is 0.254 e. The van der Waals surface area contributed by atoms with Crippen molar-refractivity contribution in [2.75, 3.05) is 18.0 Å². The van der Waals surface area contributed by atoms with E-state index in [1.165, 1.54) is 25.7 Å². The van der Waals surface area contributed by atoms with Gasteiger partial charge in [0.1, 0.15) is 0 Å². The van der Waals surface area contributed by atoms with Gasteiger partial charge < -0.3 is 15.2 Å². The molecule has 0 bridgehead atoms. The molecule has 3 aliphatic rings. The highest BCUT2D eigenvalue weighted by Crippen LogP contribution is 2.54. The predicted molar refractivity (Wildman–Crippen MR) is 111 cm³/mol. The maximum Gasteiger partial charge on any atom is 0.254 e. The lowest BCUT2D eigenvalue weighted by Gasteiger charge is -2.35. The Bertz CT molecular complexity index is 1070. The van der Waals surface area contributed by atoms with Crippen LogP contribution in [0.2, 0.25) is 0 Å². The van der Waals surface area contributed by atoms with Crippen molar-refractivity contribution in [2.24, 2.45) is 18.2 Å². The number of benzene rings is 1. The van der Waals surface area contributed by atoms with Crippen LogP contribution in [-0.2, 0) is 13.5 Å². The van der Waals surface area contributed by atoms with E-state index in [0.717, 1.165) is 41.0 Å². The monoisotopic (exact) mass is 375 g/mol. The molecule has 0 atom stereocenters. The Balaban J connectivity index is 1.66. The third-order valence-corrected chi connectivity index (χ3v) is 6.82. The molecule has 1 amide bonds. The fourth-order valence-corrected chi connectivity index (χ4v) is 4.79. The normalized spacial score (nSPS) is 19.1. The molecule has 2 heterocycles. The number of nitrogens with zero attached hydrogens (tertiary/aromatic N) is 2. The summed E-state index contributed by atoms with van der Waals surface area (Å²) in [6.07, 6.45) is 11.8. The predicted octanol–water partition coefficient (Wildman–Crippen LogP) is 3.10. The summed E-state index contributed by atoms with van der Waals surface area (Å²) in [4.78, 5) is 26.8. The van der Waals surface area contributed by atoms with Crippen LogP contribution in [0.1, 0.15) is 47.2 Å². The van der Waals surface area contributed by atoms with Crippen LogP contribution in [0.4, 0.5) is 5.69 Å². The summed E-state index contributed by atoms with van der Waals surface area (Å²) in [6.45, 7) is 2.07. The second kappa shape index (κ2) is 6.09. The van der Waals surface area contributed by atoms with E-state index in [0.29, 0.717) is 17.4 Å². The number of primary amides is 1. The SMILES string of the molecule is Cn1cc(-c2cc(C(N)=O)ccc2N2CCC3(CC2)CC3)c2c(c1=O)CC=C2. The molecule has 5 heteroatoms. The molecule has 0 radical (unpaired) electrons. The first-order chi connectivity index (χ1) is 13.5. The van der Waals surface area contributed by atoms with E-state index in [2.05, 4.69) is 4.90 Å². The molecular weight excluding hydrogens is 350 g/mol. The topological polar surface area (TPSA) is 68.3 Å². The molecule has 2 fully saturated rings. The van der Waals surface area contributed by atoms with Crippen molar-refractivity contribution >= 4 is 17.7 Å². The Hall–Kier alpha value is -2.82. The molecule has 5 nitrogen and oxygen atoms in total. The summed E-state index contributed by atoms with van der Waals surface area (Å²) < 4.78 is 1.65. The zero-order chi connectivity index (χ0) is 19.5. The zero-order valence-corrected chi connectivity index (χ0v) is 16.2. The van der Waals surface area contributed by atoms with Gasteiger partial charge in [-0.1, -0.05) is 12.2 Å². The number of anilines is 1. The van der Waals surface area contributed by atoms with Gasteiger partial charge in [0, 0.05) is 54.3 Å². The molecule has 2 aromatic rings. The molecule has 1 aromatic heterocycles. The van der Waals surface area contributed by atoms with Gasteiger partial charge in [-0.05, 0) is 61.3 Å². The van der Waals surface area contributed by atoms with Gasteiger partial charge in [-0.2, -0.15) is 0 Å². The molecule has 2 aliphatic carbocycles. The first-order valence-electron chi connectivity index (χ1n) is 10.1. The van der Waals surface area contributed by atoms with Gasteiger partial charge in [-0.25, -0.2) is 0 Å². The minimum atomic E-state index is -0.430. The van der Waals surface area contributed by atoms with Crippen molar-refractivity contribution in [1.29, 1.82) is 0 Å². The molecule has 1 aromatic carbocycles. The van der Waals surface area contributed by atoms with E-state index in [4.69, 9.17) is 5.73 Å². The first kappa shape index (κ1) is 17.3. The molecular formula is C23H25N3O2. The van der Waals surface area contributed by atoms with Gasteiger partial charge in [-0.15, -0.1) is 0 Å². The Labute approximate surface area is 164 Å². The second-order valence-corrected chi connectivity index (χ2v) is 8.54. The Kier molecular flexibility index (Phi) is 3.76. The fourth-order valence-electron chi connectivity index (χ4n) is 4.79. The van der Waals surface area contributed by atoms with Crippen molar-refractivity contribution in [2.45, 2.75) is 32.1 Å². The lowest BCUT2D eigenvalue weighted by molar-refractivity contribution is 0.100. The minimum Gasteiger partial charge on any atom is -0.371 e. The van der Waals surface area contributed by atoms with E-state index in [9.17, 15) is 9.59 Å². The first-order valence-corrected chi connectivity index (χ1v) is 10.1. The summed E-state index contributed by atoms with van der Waals surface area (Å²) in [5.41, 5.74) is 11.6. The van der Waals surface area contributed by atoms with Crippen LogP contribution in [0.3, 0.4) is 0 Å². The second-order valence-electron chi connectivity index (χ2n) is 8.54. The number of hydrogen-bond acceptors (Lipinski definition) is 3. The highest BCUT2D eigenvalue weighted by molar-refractivity contribution is 5.97. The maximum absolute atomic E-state index is 12.5. The number of amides is 1. The van der Waals surface area contributed by atoms with Crippen LogP contribution < -0.4 is 16.2 Å². The fraction of sp³-hybridized carbons (Fsp3) is 0.391. The van der Waals surface area contributed by atoms with Crippen LogP contribution in [0.25, 0.3) is 17.2 Å². The number of fused-ring (bicyclic) bond motifs is 1. The third kappa shape index (κ3) is 2.68. The van der Waals surface area contributed by atoms with Gasteiger partial charge in [0.15, 0.2) is 0 Å². The summed E-state index contributed by atoms with van der Waals surface area (Å²) in [6, 6.07) is 5.74. The molecule has 28 heavy (non-hydrogen) atoms. The average Bonchev–Trinajstić information content (AvgIpc) is 3.26. The Morgan fingerprint density at radius 2 is 1.86 bits per heavy atom. The van der Waals surface area contributed by atoms with E-state index in [1.54, 1.807) is 11.6 Å². The third-order valence-electron chi connectivity index (χ3n) is 6.82. The highest BCUT2D eigenvalue weighted by atomic mass is 16.1. The van der Waals surface area contributed by atoms with Crippen molar-refractivity contribution in [3.63, 3.8) is 0 Å². The Morgan fingerprint density at radius 1 is 1.11 bits per heavy atom. The lowest BCUT2D eigenvalue weighted by Crippen LogP contribution is -2.34. The molecule has 1 aliphatic heterocycles. The molecule has 0 unspecified atom stereocenters. The van der Waals surface area contributed by atoms with Crippen molar-refractivity contribution in [3.05, 3.63) is 57.5 Å². The van der Waals surface area contributed by atoms with Gasteiger partial charge in [0.05, 0.1) is 0 Å². The van der Waals surface area contributed by atoms with Crippen molar-refractivity contribution in [3.8, 4) is 11.1 Å². The van der Waals surface area contributed by atoms with Crippen LogP contribution >= 0.6 is 0 Å². The summed E-state index contributed by atoms with van der Waals surface area (Å²) in [7, 11) is 1.79. The van der Waals surface area contributed by atoms with E-state index < -0.39 is 5.91 Å². The standard InChI is InChI=1S/C23H25N3O2/c1-25-14-19(16-3-2-4-17(16)22(25)28)18-13-15(21(24)27)5-6-20(18)26-11-9-23(7-8-23)10-12-26/h2-3,5-6,13-14H,4,7-12H2,1H3,(H2,24,27). The molecule has 1 spiro atoms. The number of aryl methyl sites for hydroxylation is 1. The van der Waals surface area contributed by atoms with Gasteiger partial charge >= 0.3 is 0 Å². The quantitative estimate of drug-likeness (QED) is 0.896. The minimum absolute atomic E-state index is 0.0463. The van der Waals surface area contributed by atoms with Gasteiger partial charge in [0.2, 0.25) is 5.91 Å². The number of pyridine rings is 1. The molecule has 1 saturated carbocycles.